The maximum Gasteiger partial charge on any atom is 0.170 e. The molecular formula is C10H9N3O. The number of aryl methyl sites for hydroxylation is 1. The molecule has 2 aromatic heterocycles. The summed E-state index contributed by atoms with van der Waals surface area (Å²) in [5.41, 5.74) is 2.21. The topological polar surface area (TPSA) is 47.8 Å². The molecule has 2 rings (SSSR count). The third-order valence-corrected chi connectivity index (χ3v) is 1.92. The van der Waals surface area contributed by atoms with Gasteiger partial charge in [0, 0.05) is 11.9 Å². The summed E-state index contributed by atoms with van der Waals surface area (Å²) in [5.74, 6) is 0. The molecule has 4 heteroatoms. The Morgan fingerprint density at radius 3 is 2.93 bits per heavy atom. The van der Waals surface area contributed by atoms with Gasteiger partial charge in [0.25, 0.3) is 0 Å². The van der Waals surface area contributed by atoms with Gasteiger partial charge in [0.15, 0.2) is 6.29 Å². The summed E-state index contributed by atoms with van der Waals surface area (Å²) in [6.07, 6.45) is 4.14. The number of aromatic nitrogens is 3. The third-order valence-electron chi connectivity index (χ3n) is 1.92. The van der Waals surface area contributed by atoms with Crippen LogP contribution in [0.25, 0.3) is 5.69 Å². The predicted octanol–water partition coefficient (Wildman–Crippen LogP) is 1.39. The first-order valence-electron chi connectivity index (χ1n) is 4.23. The van der Waals surface area contributed by atoms with Crippen molar-refractivity contribution in [3.63, 3.8) is 0 Å². The summed E-state index contributed by atoms with van der Waals surface area (Å²) in [6.45, 7) is 1.90. The Hall–Kier alpha value is -1.97. The molecule has 0 atom stereocenters. The van der Waals surface area contributed by atoms with Crippen LogP contribution in [0.3, 0.4) is 0 Å². The van der Waals surface area contributed by atoms with Crippen molar-refractivity contribution < 1.29 is 4.79 Å². The van der Waals surface area contributed by atoms with E-state index in [4.69, 9.17) is 0 Å². The Morgan fingerprint density at radius 1 is 1.50 bits per heavy atom. The van der Waals surface area contributed by atoms with E-state index in [2.05, 4.69) is 10.1 Å². The van der Waals surface area contributed by atoms with Crippen LogP contribution in [0, 0.1) is 6.92 Å². The number of carbonyl (C=O) groups is 1. The third kappa shape index (κ3) is 1.42. The van der Waals surface area contributed by atoms with Crippen molar-refractivity contribution in [2.75, 3.05) is 0 Å². The van der Waals surface area contributed by atoms with Crippen LogP contribution in [0.1, 0.15) is 16.2 Å². The summed E-state index contributed by atoms with van der Waals surface area (Å²) in [7, 11) is 0. The fraction of sp³-hybridized carbons (Fsp3) is 0.100. The number of aldehydes is 1. The molecule has 2 heterocycles. The van der Waals surface area contributed by atoms with E-state index in [1.165, 1.54) is 0 Å². The van der Waals surface area contributed by atoms with Crippen LogP contribution in [0.2, 0.25) is 0 Å². The minimum absolute atomic E-state index is 0.436. The zero-order chi connectivity index (χ0) is 9.97. The van der Waals surface area contributed by atoms with Crippen LogP contribution >= 0.6 is 0 Å². The molecule has 0 unspecified atom stereocenters. The molecular weight excluding hydrogens is 178 g/mol. The number of carbonyl (C=O) groups excluding carboxylic acids is 1. The van der Waals surface area contributed by atoms with Gasteiger partial charge in [-0.25, -0.2) is 4.68 Å². The Labute approximate surface area is 81.2 Å². The largest absolute Gasteiger partial charge is 0.296 e. The monoisotopic (exact) mass is 187 g/mol. The highest BCUT2D eigenvalue weighted by Gasteiger charge is 2.04. The second kappa shape index (κ2) is 3.41. The first kappa shape index (κ1) is 8.62. The molecule has 0 saturated heterocycles. The lowest BCUT2D eigenvalue weighted by atomic mass is 10.4. The first-order valence-corrected chi connectivity index (χ1v) is 4.23. The van der Waals surface area contributed by atoms with Crippen LogP contribution < -0.4 is 0 Å². The predicted molar refractivity (Wildman–Crippen MR) is 51.5 cm³/mol. The number of hydrogen-bond donors (Lipinski definition) is 0. The second-order valence-electron chi connectivity index (χ2n) is 2.95. The van der Waals surface area contributed by atoms with E-state index in [0.29, 0.717) is 5.69 Å². The molecule has 0 radical (unpaired) electrons. The SMILES string of the molecule is Cc1cc(C=O)nn1-c1cccnc1. The Bertz CT molecular complexity index is 448. The van der Waals surface area contributed by atoms with Gasteiger partial charge in [-0.2, -0.15) is 5.10 Å². The van der Waals surface area contributed by atoms with Crippen molar-refractivity contribution >= 4 is 6.29 Å². The minimum atomic E-state index is 0.436. The van der Waals surface area contributed by atoms with E-state index in [1.54, 1.807) is 23.1 Å². The van der Waals surface area contributed by atoms with E-state index in [1.807, 2.05) is 19.1 Å². The highest BCUT2D eigenvalue weighted by molar-refractivity contribution is 5.71. The van der Waals surface area contributed by atoms with Gasteiger partial charge >= 0.3 is 0 Å². The summed E-state index contributed by atoms with van der Waals surface area (Å²) < 4.78 is 1.69. The molecule has 0 N–H and O–H groups in total. The van der Waals surface area contributed by atoms with Crippen molar-refractivity contribution in [1.29, 1.82) is 0 Å². The van der Waals surface area contributed by atoms with E-state index in [9.17, 15) is 4.79 Å². The van der Waals surface area contributed by atoms with Gasteiger partial charge in [0.1, 0.15) is 5.69 Å². The Morgan fingerprint density at radius 2 is 2.36 bits per heavy atom. The molecule has 0 spiro atoms. The van der Waals surface area contributed by atoms with E-state index in [-0.39, 0.29) is 0 Å². The van der Waals surface area contributed by atoms with E-state index < -0.39 is 0 Å². The molecule has 0 aliphatic heterocycles. The highest BCUT2D eigenvalue weighted by Crippen LogP contribution is 2.09. The lowest BCUT2D eigenvalue weighted by molar-refractivity contribution is 0.111. The average molecular weight is 187 g/mol. The smallest absolute Gasteiger partial charge is 0.170 e. The van der Waals surface area contributed by atoms with Gasteiger partial charge in [-0.1, -0.05) is 0 Å². The van der Waals surface area contributed by atoms with Crippen LogP contribution in [-0.2, 0) is 0 Å². The van der Waals surface area contributed by atoms with Gasteiger partial charge in [0.2, 0.25) is 0 Å². The van der Waals surface area contributed by atoms with Crippen LogP contribution in [-0.4, -0.2) is 21.1 Å². The molecule has 2 aromatic rings. The second-order valence-corrected chi connectivity index (χ2v) is 2.95. The standard InChI is InChI=1S/C10H9N3O/c1-8-5-9(7-14)12-13(8)10-3-2-4-11-6-10/h2-7H,1H3. The number of nitrogens with zero attached hydrogens (tertiary/aromatic N) is 3. The maximum atomic E-state index is 10.5. The zero-order valence-electron chi connectivity index (χ0n) is 7.71. The van der Waals surface area contributed by atoms with Crippen LogP contribution in [0.4, 0.5) is 0 Å². The van der Waals surface area contributed by atoms with Crippen molar-refractivity contribution in [3.05, 3.63) is 42.0 Å². The summed E-state index contributed by atoms with van der Waals surface area (Å²) in [4.78, 5) is 14.5. The summed E-state index contributed by atoms with van der Waals surface area (Å²) in [5, 5.41) is 4.11. The van der Waals surface area contributed by atoms with Gasteiger partial charge in [-0.15, -0.1) is 0 Å². The quantitative estimate of drug-likeness (QED) is 0.667. The lowest BCUT2D eigenvalue weighted by Gasteiger charge is -2.01. The van der Waals surface area contributed by atoms with E-state index >= 15 is 0 Å². The number of rotatable bonds is 2. The highest BCUT2D eigenvalue weighted by atomic mass is 16.1. The van der Waals surface area contributed by atoms with Crippen LogP contribution in [0.15, 0.2) is 30.6 Å². The van der Waals surface area contributed by atoms with Crippen molar-refractivity contribution in [1.82, 2.24) is 14.8 Å². The molecule has 4 nitrogen and oxygen atoms in total. The molecule has 0 aliphatic rings. The molecule has 14 heavy (non-hydrogen) atoms. The lowest BCUT2D eigenvalue weighted by Crippen LogP contribution is -1.99. The van der Waals surface area contributed by atoms with Gasteiger partial charge < -0.3 is 0 Å². The van der Waals surface area contributed by atoms with Gasteiger partial charge in [-0.05, 0) is 25.1 Å². The van der Waals surface area contributed by atoms with Crippen molar-refractivity contribution in [2.45, 2.75) is 6.92 Å². The molecule has 0 bridgehead atoms. The van der Waals surface area contributed by atoms with Crippen LogP contribution in [0.5, 0.6) is 0 Å². The average Bonchev–Trinajstić information content (AvgIpc) is 2.61. The molecule has 0 aromatic carbocycles. The summed E-state index contributed by atoms with van der Waals surface area (Å²) in [6, 6.07) is 5.46. The number of hydrogen-bond acceptors (Lipinski definition) is 3. The summed E-state index contributed by atoms with van der Waals surface area (Å²) >= 11 is 0. The maximum absolute atomic E-state index is 10.5. The molecule has 70 valence electrons. The van der Waals surface area contributed by atoms with E-state index in [0.717, 1.165) is 17.7 Å². The van der Waals surface area contributed by atoms with Crippen molar-refractivity contribution in [2.24, 2.45) is 0 Å². The van der Waals surface area contributed by atoms with Gasteiger partial charge in [-0.3, -0.25) is 9.78 Å². The Balaban J connectivity index is 2.51. The molecule has 0 aliphatic carbocycles. The fourth-order valence-electron chi connectivity index (χ4n) is 1.30. The fourth-order valence-corrected chi connectivity index (χ4v) is 1.30. The van der Waals surface area contributed by atoms with Gasteiger partial charge in [0.05, 0.1) is 11.9 Å². The molecule has 0 amide bonds. The Kier molecular flexibility index (Phi) is 2.10. The normalized spacial score (nSPS) is 10.1. The zero-order valence-corrected chi connectivity index (χ0v) is 7.71. The minimum Gasteiger partial charge on any atom is -0.296 e. The van der Waals surface area contributed by atoms with Crippen molar-refractivity contribution in [3.8, 4) is 5.69 Å². The number of pyridine rings is 1. The molecule has 0 saturated carbocycles. The first-order chi connectivity index (χ1) is 6.81. The molecule has 0 fully saturated rings.